The number of nitrogens with zero attached hydrogens (tertiary/aromatic N) is 1. The van der Waals surface area contributed by atoms with E-state index in [0.717, 1.165) is 0 Å². The Bertz CT molecular complexity index is 1190. The highest BCUT2D eigenvalue weighted by atomic mass is 35.5. The number of ketones is 1. The lowest BCUT2D eigenvalue weighted by molar-refractivity contribution is -0.371. The van der Waals surface area contributed by atoms with Gasteiger partial charge < -0.3 is 33.9 Å². The van der Waals surface area contributed by atoms with Gasteiger partial charge in [0.25, 0.3) is 0 Å². The molecule has 2 saturated carbocycles. The highest BCUT2D eigenvalue weighted by Crippen LogP contribution is 2.67. The van der Waals surface area contributed by atoms with Crippen LogP contribution in [0.5, 0.6) is 0 Å². The van der Waals surface area contributed by atoms with Crippen LogP contribution in [0.3, 0.4) is 0 Å². The minimum absolute atomic E-state index is 0. The molecule has 0 amide bonds. The molecule has 4 aliphatic rings. The molecule has 10 atom stereocenters. The Hall–Kier alpha value is -2.09. The fourth-order valence-corrected chi connectivity index (χ4v) is 8.71. The first-order chi connectivity index (χ1) is 20.2. The second kappa shape index (κ2) is 12.8. The standard InChI is InChI=1S/C32H49NO11.ClH/c1-10-29(7)13-22(36)32(39)30(8)21(35)11-12-28(5,6)26(30)25(27(42-20(4)34)31(32,9)44-29)43-24(38)17-40-23(37)16-33-14-18(2)41-19(3)15-33;/h10,18-19,21,25-27,35,39H,1,11-17H2,2-9H3;1H/t18?,19?,21-,25-,26-,27-,29-,30-,31+,32-;/m0./s1. The maximum Gasteiger partial charge on any atom is 0.344 e. The summed E-state index contributed by atoms with van der Waals surface area (Å²) in [5.41, 5.74) is -7.87. The van der Waals surface area contributed by atoms with E-state index in [2.05, 4.69) is 6.58 Å². The van der Waals surface area contributed by atoms with E-state index in [0.29, 0.717) is 19.5 Å². The molecule has 4 fully saturated rings. The Morgan fingerprint density at radius 1 is 1.07 bits per heavy atom. The largest absolute Gasteiger partial charge is 0.455 e. The second-order valence-corrected chi connectivity index (χ2v) is 14.4. The molecule has 2 saturated heterocycles. The van der Waals surface area contributed by atoms with Crippen molar-refractivity contribution in [3.8, 4) is 0 Å². The van der Waals surface area contributed by atoms with Crippen molar-refractivity contribution >= 4 is 36.1 Å². The summed E-state index contributed by atoms with van der Waals surface area (Å²) in [4.78, 5) is 54.6. The molecule has 2 aliphatic heterocycles. The first kappa shape index (κ1) is 37.4. The highest BCUT2D eigenvalue weighted by Gasteiger charge is 2.82. The zero-order valence-corrected chi connectivity index (χ0v) is 28.4. The summed E-state index contributed by atoms with van der Waals surface area (Å²) in [5.74, 6) is -3.76. The van der Waals surface area contributed by atoms with Gasteiger partial charge in [-0.1, -0.05) is 26.8 Å². The molecule has 2 heterocycles. The van der Waals surface area contributed by atoms with Crippen molar-refractivity contribution in [2.45, 2.75) is 122 Å². The molecule has 0 aromatic rings. The SMILES string of the molecule is C=C[C@@]1(C)CC(=O)[C@]2(O)[C@@]3(C)[C@@H](O)CCC(C)(C)[C@@H]3[C@H](OC(=O)COC(=O)CN3CC(C)OC(C)C3)[C@H](OC(C)=O)[C@@]2(C)O1.Cl. The Balaban J connectivity index is 0.00000552. The number of rotatable bonds is 7. The van der Waals surface area contributed by atoms with Crippen molar-refractivity contribution < 1.29 is 53.1 Å². The maximum atomic E-state index is 14.1. The summed E-state index contributed by atoms with van der Waals surface area (Å²) in [6.07, 6.45) is -2.12. The summed E-state index contributed by atoms with van der Waals surface area (Å²) in [6, 6.07) is 0. The van der Waals surface area contributed by atoms with Gasteiger partial charge in [-0.25, -0.2) is 4.79 Å². The zero-order valence-electron chi connectivity index (χ0n) is 27.6. The molecule has 4 rings (SSSR count). The quantitative estimate of drug-likeness (QED) is 0.233. The number of carbonyl (C=O) groups excluding carboxylic acids is 4. The molecule has 13 heteroatoms. The normalized spacial score (nSPS) is 42.7. The smallest absolute Gasteiger partial charge is 0.344 e. The van der Waals surface area contributed by atoms with Crippen molar-refractivity contribution in [1.29, 1.82) is 0 Å². The second-order valence-electron chi connectivity index (χ2n) is 14.4. The zero-order chi connectivity index (χ0) is 33.0. The maximum absolute atomic E-state index is 14.1. The van der Waals surface area contributed by atoms with E-state index in [1.165, 1.54) is 19.9 Å². The van der Waals surface area contributed by atoms with Gasteiger partial charge in [0.1, 0.15) is 11.7 Å². The van der Waals surface area contributed by atoms with Gasteiger partial charge in [0.05, 0.1) is 30.5 Å². The number of halogens is 1. The van der Waals surface area contributed by atoms with Gasteiger partial charge in [0, 0.05) is 37.8 Å². The lowest BCUT2D eigenvalue weighted by atomic mass is 9.39. The Morgan fingerprint density at radius 2 is 1.67 bits per heavy atom. The number of hydrogen-bond donors (Lipinski definition) is 2. The number of hydrogen-bond acceptors (Lipinski definition) is 12. The van der Waals surface area contributed by atoms with E-state index in [1.54, 1.807) is 13.8 Å². The van der Waals surface area contributed by atoms with Gasteiger partial charge in [-0.3, -0.25) is 19.3 Å². The van der Waals surface area contributed by atoms with E-state index >= 15 is 0 Å². The van der Waals surface area contributed by atoms with Crippen molar-refractivity contribution in [3.05, 3.63) is 12.7 Å². The number of aliphatic hydroxyl groups is 2. The van der Waals surface area contributed by atoms with Crippen molar-refractivity contribution in [2.75, 3.05) is 26.2 Å². The van der Waals surface area contributed by atoms with Crippen LogP contribution in [0.25, 0.3) is 0 Å². The average Bonchev–Trinajstić information content (AvgIpc) is 2.89. The molecule has 0 radical (unpaired) electrons. The molecule has 0 aromatic heterocycles. The first-order valence-corrected chi connectivity index (χ1v) is 15.4. The van der Waals surface area contributed by atoms with E-state index in [4.69, 9.17) is 23.7 Å². The average molecular weight is 660 g/mol. The fraction of sp³-hybridized carbons (Fsp3) is 0.812. The van der Waals surface area contributed by atoms with Crippen LogP contribution >= 0.6 is 12.4 Å². The van der Waals surface area contributed by atoms with Gasteiger partial charge in [-0.15, -0.1) is 19.0 Å². The molecule has 256 valence electrons. The number of ether oxygens (including phenoxy) is 5. The number of morpholine rings is 1. The third kappa shape index (κ3) is 6.30. The van der Waals surface area contributed by atoms with Crippen LogP contribution in [0.15, 0.2) is 12.7 Å². The Kier molecular flexibility index (Phi) is 10.7. The van der Waals surface area contributed by atoms with Crippen LogP contribution in [0, 0.1) is 16.7 Å². The first-order valence-electron chi connectivity index (χ1n) is 15.4. The number of aliphatic hydroxyl groups excluding tert-OH is 1. The summed E-state index contributed by atoms with van der Waals surface area (Å²) in [6.45, 7) is 17.6. The monoisotopic (exact) mass is 659 g/mol. The van der Waals surface area contributed by atoms with Crippen molar-refractivity contribution in [1.82, 2.24) is 4.90 Å². The van der Waals surface area contributed by atoms with Gasteiger partial charge in [0.15, 0.2) is 24.1 Å². The molecule has 2 N–H and O–H groups in total. The van der Waals surface area contributed by atoms with Crippen LogP contribution in [0.2, 0.25) is 0 Å². The molecule has 2 unspecified atom stereocenters. The minimum atomic E-state index is -2.34. The molecule has 0 bridgehead atoms. The van der Waals surface area contributed by atoms with Crippen LogP contribution in [0.1, 0.15) is 74.7 Å². The molecule has 2 aliphatic carbocycles. The molecule has 45 heavy (non-hydrogen) atoms. The molecular weight excluding hydrogens is 610 g/mol. The minimum Gasteiger partial charge on any atom is -0.455 e. The topological polar surface area (TPSA) is 158 Å². The van der Waals surface area contributed by atoms with Gasteiger partial charge in [-0.05, 0) is 46.0 Å². The molecule has 12 nitrogen and oxygen atoms in total. The van der Waals surface area contributed by atoms with Crippen LogP contribution in [-0.2, 0) is 42.9 Å². The van der Waals surface area contributed by atoms with Crippen LogP contribution in [-0.4, -0.2) is 112 Å². The summed E-state index contributed by atoms with van der Waals surface area (Å²) < 4.78 is 29.3. The Labute approximate surface area is 271 Å². The number of Topliss-reactive ketones (excluding diaryl/α,β-unsaturated/α-hetero) is 1. The van der Waals surface area contributed by atoms with Gasteiger partial charge in [0.2, 0.25) is 0 Å². The summed E-state index contributed by atoms with van der Waals surface area (Å²) >= 11 is 0. The molecule has 0 aromatic carbocycles. The highest BCUT2D eigenvalue weighted by molar-refractivity contribution is 5.92. The van der Waals surface area contributed by atoms with Gasteiger partial charge >= 0.3 is 17.9 Å². The van der Waals surface area contributed by atoms with Crippen molar-refractivity contribution in [3.63, 3.8) is 0 Å². The Morgan fingerprint density at radius 3 is 2.22 bits per heavy atom. The third-order valence-electron chi connectivity index (χ3n) is 10.5. The third-order valence-corrected chi connectivity index (χ3v) is 10.5. The summed E-state index contributed by atoms with van der Waals surface area (Å²) in [7, 11) is 0. The molecular formula is C32H50ClNO11. The lowest BCUT2D eigenvalue weighted by Gasteiger charge is -2.71. The van der Waals surface area contributed by atoms with Crippen LogP contribution in [0.4, 0.5) is 0 Å². The summed E-state index contributed by atoms with van der Waals surface area (Å²) in [5, 5.41) is 24.2. The fourth-order valence-electron chi connectivity index (χ4n) is 8.71. The number of fused-ring (bicyclic) bond motifs is 3. The molecule has 0 spiro atoms. The van der Waals surface area contributed by atoms with E-state index in [9.17, 15) is 29.4 Å². The predicted octanol–water partition coefficient (Wildman–Crippen LogP) is 2.15. The van der Waals surface area contributed by atoms with E-state index in [-0.39, 0.29) is 44.0 Å². The van der Waals surface area contributed by atoms with Crippen molar-refractivity contribution in [2.24, 2.45) is 16.7 Å². The van der Waals surface area contributed by atoms with Gasteiger partial charge in [-0.2, -0.15) is 0 Å². The van der Waals surface area contributed by atoms with E-state index < -0.39 is 82.2 Å². The van der Waals surface area contributed by atoms with Crippen LogP contribution < -0.4 is 0 Å². The van der Waals surface area contributed by atoms with E-state index in [1.807, 2.05) is 32.6 Å². The number of esters is 3. The lowest BCUT2D eigenvalue weighted by Crippen LogP contribution is -2.87. The predicted molar refractivity (Wildman–Crippen MR) is 163 cm³/mol. The number of carbonyl (C=O) groups is 4.